The number of rotatable bonds is 2. The van der Waals surface area contributed by atoms with Crippen LogP contribution in [-0.4, -0.2) is 14.8 Å². The molecule has 0 N–H and O–H groups in total. The second-order valence-corrected chi connectivity index (χ2v) is 5.08. The van der Waals surface area contributed by atoms with E-state index in [1.165, 1.54) is 0 Å². The molecule has 2 aromatic rings. The lowest BCUT2D eigenvalue weighted by molar-refractivity contribution is 0.492. The molecule has 0 unspecified atom stereocenters. The van der Waals surface area contributed by atoms with E-state index in [2.05, 4.69) is 39.9 Å². The zero-order valence-electron chi connectivity index (χ0n) is 8.54. The van der Waals surface area contributed by atoms with Gasteiger partial charge in [-0.05, 0) is 21.8 Å². The molecule has 0 radical (unpaired) electrons. The highest BCUT2D eigenvalue weighted by Gasteiger charge is 2.10. The molecule has 3 nitrogen and oxygen atoms in total. The number of aromatic nitrogens is 3. The largest absolute Gasteiger partial charge is 0.247 e. The molecule has 0 saturated heterocycles. The summed E-state index contributed by atoms with van der Waals surface area (Å²) < 4.78 is 2.77. The third kappa shape index (κ3) is 2.01. The second kappa shape index (κ2) is 4.10. The Kier molecular flexibility index (Phi) is 2.98. The highest BCUT2D eigenvalue weighted by molar-refractivity contribution is 9.10. The van der Waals surface area contributed by atoms with E-state index >= 15 is 0 Å². The Morgan fingerprint density at radius 3 is 2.87 bits per heavy atom. The molecule has 0 saturated carbocycles. The summed E-state index contributed by atoms with van der Waals surface area (Å²) in [6, 6.07) is 0. The second-order valence-electron chi connectivity index (χ2n) is 3.88. The van der Waals surface area contributed by atoms with Crippen molar-refractivity contribution < 1.29 is 0 Å². The van der Waals surface area contributed by atoms with Crippen molar-refractivity contribution in [3.63, 3.8) is 0 Å². The molecular formula is C10H11BrClN3. The van der Waals surface area contributed by atoms with Gasteiger partial charge in [-0.15, -0.1) is 0 Å². The summed E-state index contributed by atoms with van der Waals surface area (Å²) in [6.45, 7) is 5.17. The molecule has 0 aromatic carbocycles. The first-order valence-electron chi connectivity index (χ1n) is 4.75. The monoisotopic (exact) mass is 287 g/mol. The lowest BCUT2D eigenvalue weighted by Crippen LogP contribution is -2.06. The van der Waals surface area contributed by atoms with Gasteiger partial charge >= 0.3 is 0 Å². The molecule has 0 atom stereocenters. The topological polar surface area (TPSA) is 30.7 Å². The Morgan fingerprint density at radius 2 is 2.20 bits per heavy atom. The molecular weight excluding hydrogens is 277 g/mol. The van der Waals surface area contributed by atoms with Crippen molar-refractivity contribution in [3.8, 4) is 0 Å². The maximum atomic E-state index is 5.96. The Bertz CT molecular complexity index is 493. The molecule has 0 aliphatic heterocycles. The molecule has 0 amide bonds. The van der Waals surface area contributed by atoms with Crippen molar-refractivity contribution in [2.75, 3.05) is 0 Å². The van der Waals surface area contributed by atoms with Crippen LogP contribution >= 0.6 is 27.5 Å². The minimum absolute atomic E-state index is 0.546. The van der Waals surface area contributed by atoms with Crippen LogP contribution in [0.5, 0.6) is 0 Å². The lowest BCUT2D eigenvalue weighted by Gasteiger charge is -2.05. The third-order valence-electron chi connectivity index (χ3n) is 2.10. The van der Waals surface area contributed by atoms with Gasteiger partial charge in [0, 0.05) is 12.7 Å². The number of fused-ring (bicyclic) bond motifs is 1. The van der Waals surface area contributed by atoms with Crippen LogP contribution in [0.15, 0.2) is 16.9 Å². The summed E-state index contributed by atoms with van der Waals surface area (Å²) in [7, 11) is 0. The summed E-state index contributed by atoms with van der Waals surface area (Å²) in [5.74, 6) is 0.546. The Balaban J connectivity index is 2.57. The van der Waals surface area contributed by atoms with Crippen molar-refractivity contribution in [2.24, 2.45) is 5.92 Å². The molecule has 80 valence electrons. The van der Waals surface area contributed by atoms with Crippen molar-refractivity contribution in [2.45, 2.75) is 20.4 Å². The van der Waals surface area contributed by atoms with Crippen molar-refractivity contribution in [1.82, 2.24) is 14.8 Å². The summed E-state index contributed by atoms with van der Waals surface area (Å²) in [4.78, 5) is 4.29. The SMILES string of the molecule is CC(C)Cn1ncc2c(Br)c(Cl)cnc21. The summed E-state index contributed by atoms with van der Waals surface area (Å²) in [6.07, 6.45) is 3.44. The highest BCUT2D eigenvalue weighted by Crippen LogP contribution is 2.29. The van der Waals surface area contributed by atoms with E-state index < -0.39 is 0 Å². The molecule has 2 heterocycles. The van der Waals surface area contributed by atoms with E-state index in [4.69, 9.17) is 11.6 Å². The van der Waals surface area contributed by atoms with Gasteiger partial charge < -0.3 is 0 Å². The number of hydrogen-bond donors (Lipinski definition) is 0. The van der Waals surface area contributed by atoms with Crippen molar-refractivity contribution >= 4 is 38.6 Å². The van der Waals surface area contributed by atoms with Crippen LogP contribution in [0.25, 0.3) is 11.0 Å². The first kappa shape index (κ1) is 10.9. The lowest BCUT2D eigenvalue weighted by atomic mass is 10.2. The molecule has 0 spiro atoms. The number of nitrogens with zero attached hydrogens (tertiary/aromatic N) is 3. The van der Waals surface area contributed by atoms with Gasteiger partial charge in [-0.1, -0.05) is 25.4 Å². The smallest absolute Gasteiger partial charge is 0.158 e. The summed E-state index contributed by atoms with van der Waals surface area (Å²) in [5.41, 5.74) is 0.875. The van der Waals surface area contributed by atoms with Gasteiger partial charge in [-0.25, -0.2) is 9.67 Å². The maximum absolute atomic E-state index is 5.96. The van der Waals surface area contributed by atoms with Crippen molar-refractivity contribution in [3.05, 3.63) is 21.9 Å². The molecule has 0 aliphatic carbocycles. The van der Waals surface area contributed by atoms with E-state index in [0.29, 0.717) is 10.9 Å². The third-order valence-corrected chi connectivity index (χ3v) is 3.47. The first-order valence-corrected chi connectivity index (χ1v) is 5.92. The maximum Gasteiger partial charge on any atom is 0.158 e. The quantitative estimate of drug-likeness (QED) is 0.847. The van der Waals surface area contributed by atoms with Crippen LogP contribution in [-0.2, 0) is 6.54 Å². The van der Waals surface area contributed by atoms with Crippen LogP contribution in [0, 0.1) is 5.92 Å². The first-order chi connectivity index (χ1) is 7.09. The molecule has 2 rings (SSSR count). The van der Waals surface area contributed by atoms with Gasteiger partial charge in [0.15, 0.2) is 5.65 Å². The number of halogens is 2. The van der Waals surface area contributed by atoms with E-state index in [-0.39, 0.29) is 0 Å². The minimum atomic E-state index is 0.546. The normalized spacial score (nSPS) is 11.5. The number of hydrogen-bond acceptors (Lipinski definition) is 2. The highest BCUT2D eigenvalue weighted by atomic mass is 79.9. The van der Waals surface area contributed by atoms with Gasteiger partial charge in [0.2, 0.25) is 0 Å². The van der Waals surface area contributed by atoms with Crippen LogP contribution < -0.4 is 0 Å². The van der Waals surface area contributed by atoms with Crippen molar-refractivity contribution in [1.29, 1.82) is 0 Å². The molecule has 15 heavy (non-hydrogen) atoms. The Morgan fingerprint density at radius 1 is 1.47 bits per heavy atom. The fourth-order valence-corrected chi connectivity index (χ4v) is 1.99. The van der Waals surface area contributed by atoms with Crippen LogP contribution in [0.3, 0.4) is 0 Å². The molecule has 0 fully saturated rings. The molecule has 5 heteroatoms. The fraction of sp³-hybridized carbons (Fsp3) is 0.400. The van der Waals surface area contributed by atoms with Gasteiger partial charge in [-0.2, -0.15) is 5.10 Å². The van der Waals surface area contributed by atoms with Crippen LogP contribution in [0.1, 0.15) is 13.8 Å². The molecule has 0 bridgehead atoms. The summed E-state index contributed by atoms with van der Waals surface area (Å²) >= 11 is 9.39. The predicted molar refractivity (Wildman–Crippen MR) is 65.1 cm³/mol. The minimum Gasteiger partial charge on any atom is -0.247 e. The average Bonchev–Trinajstić information content (AvgIpc) is 2.55. The van der Waals surface area contributed by atoms with Gasteiger partial charge in [0.05, 0.1) is 21.1 Å². The van der Waals surface area contributed by atoms with Crippen LogP contribution in [0.4, 0.5) is 0 Å². The number of pyridine rings is 1. The molecule has 0 aliphatic rings. The van der Waals surface area contributed by atoms with E-state index in [9.17, 15) is 0 Å². The van der Waals surface area contributed by atoms with Gasteiger partial charge in [0.25, 0.3) is 0 Å². The standard InChI is InChI=1S/C10H11BrClN3/c1-6(2)5-15-10-7(3-14-15)9(11)8(12)4-13-10/h3-4,6H,5H2,1-2H3. The predicted octanol–water partition coefficient (Wildman–Crippen LogP) is 3.50. The van der Waals surface area contributed by atoms with E-state index in [1.54, 1.807) is 12.4 Å². The summed E-state index contributed by atoms with van der Waals surface area (Å²) in [5, 5.41) is 5.88. The average molecular weight is 289 g/mol. The zero-order chi connectivity index (χ0) is 11.0. The Labute approximate surface area is 102 Å². The molecule has 2 aromatic heterocycles. The Hall–Kier alpha value is -0.610. The van der Waals surface area contributed by atoms with E-state index in [1.807, 2.05) is 4.68 Å². The fourth-order valence-electron chi connectivity index (χ4n) is 1.45. The van der Waals surface area contributed by atoms with Gasteiger partial charge in [0.1, 0.15) is 0 Å². The zero-order valence-corrected chi connectivity index (χ0v) is 10.9. The van der Waals surface area contributed by atoms with Crippen LogP contribution in [0.2, 0.25) is 5.02 Å². The van der Waals surface area contributed by atoms with Gasteiger partial charge in [-0.3, -0.25) is 0 Å². The van der Waals surface area contributed by atoms with E-state index in [0.717, 1.165) is 22.1 Å².